The summed E-state index contributed by atoms with van der Waals surface area (Å²) in [7, 11) is 0. The molecule has 1 fully saturated rings. The highest BCUT2D eigenvalue weighted by molar-refractivity contribution is 7.99. The van der Waals surface area contributed by atoms with Crippen LogP contribution in [0.5, 0.6) is 0 Å². The molecular weight excluding hydrogens is 334 g/mol. The van der Waals surface area contributed by atoms with Gasteiger partial charge in [-0.3, -0.25) is 14.8 Å². The molecule has 1 saturated heterocycles. The molecule has 1 N–H and O–H groups in total. The number of hydrogen-bond donors (Lipinski definition) is 1. The summed E-state index contributed by atoms with van der Waals surface area (Å²) in [5.74, 6) is 1.31. The molecule has 1 aromatic carbocycles. The fourth-order valence-corrected chi connectivity index (χ4v) is 3.73. The monoisotopic (exact) mass is 359 g/mol. The van der Waals surface area contributed by atoms with Gasteiger partial charge in [-0.05, 0) is 25.5 Å². The number of aromatic nitrogens is 3. The van der Waals surface area contributed by atoms with E-state index in [0.717, 1.165) is 56.1 Å². The molecule has 1 aliphatic heterocycles. The third-order valence-corrected chi connectivity index (χ3v) is 5.29. The quantitative estimate of drug-likeness (QED) is 0.803. The Balaban J connectivity index is 1.51. The van der Waals surface area contributed by atoms with Crippen LogP contribution < -0.4 is 0 Å². The predicted molar refractivity (Wildman–Crippen MR) is 101 cm³/mol. The number of rotatable bonds is 6. The Morgan fingerprint density at radius 2 is 2.00 bits per heavy atom. The van der Waals surface area contributed by atoms with Crippen molar-refractivity contribution in [3.8, 4) is 11.4 Å². The summed E-state index contributed by atoms with van der Waals surface area (Å²) < 4.78 is 0. The summed E-state index contributed by atoms with van der Waals surface area (Å²) in [6.45, 7) is 8.95. The highest BCUT2D eigenvalue weighted by Gasteiger charge is 2.21. The Bertz CT molecular complexity index is 709. The molecule has 25 heavy (non-hydrogen) atoms. The summed E-state index contributed by atoms with van der Waals surface area (Å²) in [4.78, 5) is 21.3. The lowest BCUT2D eigenvalue weighted by molar-refractivity contribution is -0.130. The minimum atomic E-state index is 0.170. The molecule has 2 aromatic rings. The number of benzene rings is 1. The summed E-state index contributed by atoms with van der Waals surface area (Å²) in [5, 5.41) is 7.83. The zero-order valence-corrected chi connectivity index (χ0v) is 15.7. The second kappa shape index (κ2) is 8.49. The van der Waals surface area contributed by atoms with E-state index in [2.05, 4.69) is 27.0 Å². The number of hydrogen-bond acceptors (Lipinski definition) is 5. The second-order valence-electron chi connectivity index (χ2n) is 6.29. The largest absolute Gasteiger partial charge is 0.339 e. The van der Waals surface area contributed by atoms with Crippen LogP contribution in [0.25, 0.3) is 11.4 Å². The van der Waals surface area contributed by atoms with E-state index in [1.807, 2.05) is 36.1 Å². The number of amides is 1. The molecule has 3 rings (SSSR count). The minimum absolute atomic E-state index is 0.170. The Hall–Kier alpha value is -1.86. The molecule has 0 spiro atoms. The van der Waals surface area contributed by atoms with Crippen molar-refractivity contribution in [1.82, 2.24) is 25.0 Å². The molecule has 1 amide bonds. The van der Waals surface area contributed by atoms with Gasteiger partial charge in [0.2, 0.25) is 11.1 Å². The lowest BCUT2D eigenvalue weighted by Crippen LogP contribution is -2.49. The predicted octanol–water partition coefficient (Wildman–Crippen LogP) is 2.43. The van der Waals surface area contributed by atoms with Gasteiger partial charge in [-0.1, -0.05) is 43.0 Å². The van der Waals surface area contributed by atoms with E-state index in [-0.39, 0.29) is 5.91 Å². The van der Waals surface area contributed by atoms with Gasteiger partial charge in [-0.25, -0.2) is 4.98 Å². The molecule has 6 nitrogen and oxygen atoms in total. The number of piperazine rings is 1. The van der Waals surface area contributed by atoms with E-state index < -0.39 is 0 Å². The Morgan fingerprint density at radius 3 is 2.72 bits per heavy atom. The summed E-state index contributed by atoms with van der Waals surface area (Å²) >= 11 is 1.40. The maximum absolute atomic E-state index is 12.4. The number of carbonyl (C=O) groups excluding carboxylic acids is 1. The summed E-state index contributed by atoms with van der Waals surface area (Å²) in [6.07, 6.45) is 1.16. The van der Waals surface area contributed by atoms with Crippen molar-refractivity contribution in [1.29, 1.82) is 0 Å². The van der Waals surface area contributed by atoms with Gasteiger partial charge in [-0.2, -0.15) is 0 Å². The smallest absolute Gasteiger partial charge is 0.233 e. The van der Waals surface area contributed by atoms with Crippen LogP contribution in [0, 0.1) is 6.92 Å². The van der Waals surface area contributed by atoms with Gasteiger partial charge in [0.15, 0.2) is 5.82 Å². The van der Waals surface area contributed by atoms with Crippen molar-refractivity contribution < 1.29 is 4.79 Å². The van der Waals surface area contributed by atoms with Crippen LogP contribution in [0.2, 0.25) is 0 Å². The zero-order valence-electron chi connectivity index (χ0n) is 14.9. The van der Waals surface area contributed by atoms with Crippen LogP contribution in [0.3, 0.4) is 0 Å². The molecule has 0 aliphatic carbocycles. The lowest BCUT2D eigenvalue weighted by atomic mass is 10.1. The number of aryl methyl sites for hydroxylation is 1. The summed E-state index contributed by atoms with van der Waals surface area (Å²) in [5.41, 5.74) is 2.19. The fraction of sp³-hybridized carbons (Fsp3) is 0.500. The van der Waals surface area contributed by atoms with Crippen molar-refractivity contribution in [2.45, 2.75) is 25.4 Å². The number of aromatic amines is 1. The van der Waals surface area contributed by atoms with Crippen molar-refractivity contribution in [3.63, 3.8) is 0 Å². The third-order valence-electron chi connectivity index (χ3n) is 4.45. The summed E-state index contributed by atoms with van der Waals surface area (Å²) in [6, 6.07) is 8.06. The maximum Gasteiger partial charge on any atom is 0.233 e. The van der Waals surface area contributed by atoms with Gasteiger partial charge >= 0.3 is 0 Å². The number of H-pyrrole nitrogens is 1. The molecule has 2 heterocycles. The van der Waals surface area contributed by atoms with Gasteiger partial charge in [0.25, 0.3) is 0 Å². The van der Waals surface area contributed by atoms with Crippen molar-refractivity contribution in [2.24, 2.45) is 0 Å². The minimum Gasteiger partial charge on any atom is -0.339 e. The van der Waals surface area contributed by atoms with Crippen LogP contribution in [-0.4, -0.2) is 69.4 Å². The number of nitrogens with zero attached hydrogens (tertiary/aromatic N) is 4. The molecule has 0 atom stereocenters. The van der Waals surface area contributed by atoms with Crippen LogP contribution in [0.4, 0.5) is 0 Å². The lowest BCUT2D eigenvalue weighted by Gasteiger charge is -2.34. The standard InChI is InChI=1S/C18H25N5OS/c1-3-8-22-9-11-23(12-10-22)16(24)13-25-18-19-17(20-21-18)15-7-5-4-6-14(15)2/h4-7H,3,8-13H2,1-2H3,(H,19,20,21). The molecule has 0 unspecified atom stereocenters. The fourth-order valence-electron chi connectivity index (χ4n) is 3.02. The Labute approximate surface area is 153 Å². The molecule has 0 radical (unpaired) electrons. The van der Waals surface area contributed by atoms with E-state index in [1.54, 1.807) is 0 Å². The third kappa shape index (κ3) is 4.61. The first-order chi connectivity index (χ1) is 12.2. The molecule has 1 aromatic heterocycles. The highest BCUT2D eigenvalue weighted by atomic mass is 32.2. The van der Waals surface area contributed by atoms with Gasteiger partial charge in [-0.15, -0.1) is 5.10 Å². The van der Waals surface area contributed by atoms with E-state index in [0.29, 0.717) is 10.9 Å². The van der Waals surface area contributed by atoms with E-state index >= 15 is 0 Å². The van der Waals surface area contributed by atoms with E-state index in [1.165, 1.54) is 11.8 Å². The zero-order chi connectivity index (χ0) is 17.6. The van der Waals surface area contributed by atoms with Gasteiger partial charge in [0.05, 0.1) is 5.75 Å². The molecule has 0 bridgehead atoms. The van der Waals surface area contributed by atoms with E-state index in [4.69, 9.17) is 0 Å². The first-order valence-electron chi connectivity index (χ1n) is 8.78. The van der Waals surface area contributed by atoms with Crippen molar-refractivity contribution in [2.75, 3.05) is 38.5 Å². The second-order valence-corrected chi connectivity index (χ2v) is 7.24. The first kappa shape index (κ1) is 17.9. The van der Waals surface area contributed by atoms with Gasteiger partial charge in [0, 0.05) is 31.7 Å². The van der Waals surface area contributed by atoms with E-state index in [9.17, 15) is 4.79 Å². The van der Waals surface area contributed by atoms with Crippen LogP contribution >= 0.6 is 11.8 Å². The maximum atomic E-state index is 12.4. The van der Waals surface area contributed by atoms with Crippen molar-refractivity contribution in [3.05, 3.63) is 29.8 Å². The highest BCUT2D eigenvalue weighted by Crippen LogP contribution is 2.22. The van der Waals surface area contributed by atoms with Gasteiger partial charge in [0.1, 0.15) is 0 Å². The van der Waals surface area contributed by atoms with Gasteiger partial charge < -0.3 is 4.90 Å². The number of nitrogens with one attached hydrogen (secondary N) is 1. The first-order valence-corrected chi connectivity index (χ1v) is 9.77. The molecule has 0 saturated carbocycles. The normalized spacial score (nSPS) is 15.5. The topological polar surface area (TPSA) is 65.1 Å². The number of carbonyl (C=O) groups is 1. The molecular formula is C18H25N5OS. The SMILES string of the molecule is CCCN1CCN(C(=O)CSc2n[nH]c(-c3ccccc3C)n2)CC1. The van der Waals surface area contributed by atoms with Crippen LogP contribution in [0.15, 0.2) is 29.4 Å². The van der Waals surface area contributed by atoms with Crippen LogP contribution in [0.1, 0.15) is 18.9 Å². The molecule has 7 heteroatoms. The average Bonchev–Trinajstić information content (AvgIpc) is 3.10. The average molecular weight is 359 g/mol. The van der Waals surface area contributed by atoms with Crippen molar-refractivity contribution >= 4 is 17.7 Å². The Kier molecular flexibility index (Phi) is 6.09. The Morgan fingerprint density at radius 1 is 1.24 bits per heavy atom. The molecule has 1 aliphatic rings. The number of thioether (sulfide) groups is 1. The van der Waals surface area contributed by atoms with Crippen LogP contribution in [-0.2, 0) is 4.79 Å². The molecule has 134 valence electrons.